The Morgan fingerprint density at radius 3 is 2.48 bits per heavy atom. The quantitative estimate of drug-likeness (QED) is 0.768. The van der Waals surface area contributed by atoms with Crippen LogP contribution in [0.2, 0.25) is 0 Å². The molecule has 1 aliphatic rings. The first-order chi connectivity index (χ1) is 14.1. The highest BCUT2D eigenvalue weighted by Gasteiger charge is 2.27. The topological polar surface area (TPSA) is 85.9 Å². The van der Waals surface area contributed by atoms with E-state index in [9.17, 15) is 9.59 Å². The molecule has 0 saturated heterocycles. The zero-order valence-corrected chi connectivity index (χ0v) is 16.6. The van der Waals surface area contributed by atoms with Crippen LogP contribution >= 0.6 is 0 Å². The summed E-state index contributed by atoms with van der Waals surface area (Å²) in [7, 11) is 3.04. The van der Waals surface area contributed by atoms with Gasteiger partial charge in [-0.2, -0.15) is 0 Å². The summed E-state index contributed by atoms with van der Waals surface area (Å²) < 4.78 is 16.1. The molecule has 2 atom stereocenters. The van der Waals surface area contributed by atoms with Crippen molar-refractivity contribution >= 4 is 17.7 Å². The average Bonchev–Trinajstić information content (AvgIpc) is 2.73. The van der Waals surface area contributed by atoms with Gasteiger partial charge in [-0.25, -0.2) is 4.79 Å². The molecule has 7 heteroatoms. The number of para-hydroxylation sites is 2. The maximum absolute atomic E-state index is 12.8. The van der Waals surface area contributed by atoms with Crippen LogP contribution in [-0.2, 0) is 4.74 Å². The van der Waals surface area contributed by atoms with Crippen LogP contribution in [0.3, 0.4) is 0 Å². The van der Waals surface area contributed by atoms with Crippen LogP contribution < -0.4 is 20.1 Å². The molecule has 2 N–H and O–H groups in total. The fourth-order valence-electron chi connectivity index (χ4n) is 3.53. The number of amides is 2. The van der Waals surface area contributed by atoms with Crippen molar-refractivity contribution in [1.29, 1.82) is 0 Å². The van der Waals surface area contributed by atoms with E-state index < -0.39 is 6.09 Å². The number of carbonyl (C=O) groups is 2. The molecular formula is C22H26N2O5. The summed E-state index contributed by atoms with van der Waals surface area (Å²) in [6.45, 7) is 0. The van der Waals surface area contributed by atoms with E-state index in [2.05, 4.69) is 10.6 Å². The predicted molar refractivity (Wildman–Crippen MR) is 110 cm³/mol. The van der Waals surface area contributed by atoms with Crippen LogP contribution in [0.1, 0.15) is 36.0 Å². The predicted octanol–water partition coefficient (Wildman–Crippen LogP) is 3.99. The van der Waals surface area contributed by atoms with Crippen molar-refractivity contribution in [3.8, 4) is 11.5 Å². The van der Waals surface area contributed by atoms with Crippen molar-refractivity contribution in [2.75, 3.05) is 19.5 Å². The molecular weight excluding hydrogens is 372 g/mol. The SMILES string of the molecule is COc1cccc(C(=O)NC2CCCC(OC(=O)Nc3ccccc3)C2)c1OC. The fraction of sp³-hybridized carbons (Fsp3) is 0.364. The second-order valence-electron chi connectivity index (χ2n) is 6.90. The molecule has 0 spiro atoms. The zero-order chi connectivity index (χ0) is 20.6. The Balaban J connectivity index is 1.57. The molecule has 1 fully saturated rings. The highest BCUT2D eigenvalue weighted by molar-refractivity contribution is 5.98. The lowest BCUT2D eigenvalue weighted by Crippen LogP contribution is -2.41. The molecule has 3 rings (SSSR count). The molecule has 0 radical (unpaired) electrons. The standard InChI is InChI=1S/C22H26N2O5/c1-27-19-13-7-12-18(20(19)28-2)21(25)23-16-10-6-11-17(14-16)29-22(26)24-15-8-4-3-5-9-15/h3-5,7-9,12-13,16-17H,6,10-11,14H2,1-2H3,(H,23,25)(H,24,26). The number of nitrogens with one attached hydrogen (secondary N) is 2. The van der Waals surface area contributed by atoms with Gasteiger partial charge in [0.15, 0.2) is 11.5 Å². The normalized spacial score (nSPS) is 18.4. The molecule has 1 aliphatic carbocycles. The third-order valence-electron chi connectivity index (χ3n) is 4.90. The smallest absolute Gasteiger partial charge is 0.411 e. The minimum Gasteiger partial charge on any atom is -0.493 e. The molecule has 2 unspecified atom stereocenters. The van der Waals surface area contributed by atoms with E-state index in [1.807, 2.05) is 18.2 Å². The van der Waals surface area contributed by atoms with Gasteiger partial charge in [-0.3, -0.25) is 10.1 Å². The van der Waals surface area contributed by atoms with E-state index in [0.717, 1.165) is 19.3 Å². The molecule has 0 bridgehead atoms. The van der Waals surface area contributed by atoms with Gasteiger partial charge in [0.1, 0.15) is 6.10 Å². The first-order valence-electron chi connectivity index (χ1n) is 9.65. The van der Waals surface area contributed by atoms with Gasteiger partial charge < -0.3 is 19.5 Å². The van der Waals surface area contributed by atoms with Crippen molar-refractivity contribution < 1.29 is 23.8 Å². The second kappa shape index (κ2) is 9.82. The molecule has 0 heterocycles. The Morgan fingerprint density at radius 1 is 0.966 bits per heavy atom. The van der Waals surface area contributed by atoms with Crippen LogP contribution in [0.5, 0.6) is 11.5 Å². The van der Waals surface area contributed by atoms with Crippen molar-refractivity contribution in [3.05, 3.63) is 54.1 Å². The monoisotopic (exact) mass is 398 g/mol. The first kappa shape index (κ1) is 20.5. The fourth-order valence-corrected chi connectivity index (χ4v) is 3.53. The number of hydrogen-bond acceptors (Lipinski definition) is 5. The lowest BCUT2D eigenvalue weighted by atomic mass is 9.92. The number of ether oxygens (including phenoxy) is 3. The van der Waals surface area contributed by atoms with Crippen LogP contribution in [0.25, 0.3) is 0 Å². The molecule has 2 aromatic rings. The van der Waals surface area contributed by atoms with Gasteiger partial charge in [-0.1, -0.05) is 24.3 Å². The van der Waals surface area contributed by atoms with Crippen LogP contribution in [0.15, 0.2) is 48.5 Å². The molecule has 2 amide bonds. The highest BCUT2D eigenvalue weighted by Crippen LogP contribution is 2.31. The summed E-state index contributed by atoms with van der Waals surface area (Å²) in [6, 6.07) is 14.3. The molecule has 0 aromatic heterocycles. The largest absolute Gasteiger partial charge is 0.493 e. The second-order valence-corrected chi connectivity index (χ2v) is 6.90. The lowest BCUT2D eigenvalue weighted by molar-refractivity contribution is 0.0711. The Kier molecular flexibility index (Phi) is 6.94. The Bertz CT molecular complexity index is 840. The summed E-state index contributed by atoms with van der Waals surface area (Å²) >= 11 is 0. The van der Waals surface area contributed by atoms with Crippen molar-refractivity contribution in [1.82, 2.24) is 5.32 Å². The molecule has 2 aromatic carbocycles. The van der Waals surface area contributed by atoms with Crippen LogP contribution in [0, 0.1) is 0 Å². The number of anilines is 1. The summed E-state index contributed by atoms with van der Waals surface area (Å²) in [5, 5.41) is 5.75. The van der Waals surface area contributed by atoms with Gasteiger partial charge in [0.05, 0.1) is 19.8 Å². The van der Waals surface area contributed by atoms with Gasteiger partial charge >= 0.3 is 6.09 Å². The van der Waals surface area contributed by atoms with Crippen LogP contribution in [-0.4, -0.2) is 38.4 Å². The Labute approximate surface area is 170 Å². The maximum atomic E-state index is 12.8. The van der Waals surface area contributed by atoms with Crippen LogP contribution in [0.4, 0.5) is 10.5 Å². The van der Waals surface area contributed by atoms with E-state index >= 15 is 0 Å². The number of methoxy groups -OCH3 is 2. The van der Waals surface area contributed by atoms with Gasteiger partial charge in [0.2, 0.25) is 0 Å². The molecule has 29 heavy (non-hydrogen) atoms. The molecule has 7 nitrogen and oxygen atoms in total. The number of benzene rings is 2. The summed E-state index contributed by atoms with van der Waals surface area (Å²) in [5.41, 5.74) is 1.10. The van der Waals surface area contributed by atoms with Crippen molar-refractivity contribution in [3.63, 3.8) is 0 Å². The van der Waals surface area contributed by atoms with Crippen molar-refractivity contribution in [2.45, 2.75) is 37.8 Å². The van der Waals surface area contributed by atoms with Gasteiger partial charge in [0, 0.05) is 18.2 Å². The first-order valence-corrected chi connectivity index (χ1v) is 9.65. The summed E-state index contributed by atoms with van der Waals surface area (Å²) in [4.78, 5) is 24.9. The van der Waals surface area contributed by atoms with Gasteiger partial charge in [-0.15, -0.1) is 0 Å². The van der Waals surface area contributed by atoms with E-state index in [1.165, 1.54) is 14.2 Å². The molecule has 0 aliphatic heterocycles. The Morgan fingerprint density at radius 2 is 1.76 bits per heavy atom. The summed E-state index contributed by atoms with van der Waals surface area (Å²) in [5.74, 6) is 0.668. The minimum absolute atomic E-state index is 0.0818. The number of rotatable bonds is 6. The summed E-state index contributed by atoms with van der Waals surface area (Å²) in [6.07, 6.45) is 2.31. The van der Waals surface area contributed by atoms with Gasteiger partial charge in [0.25, 0.3) is 5.91 Å². The zero-order valence-electron chi connectivity index (χ0n) is 16.6. The number of carbonyl (C=O) groups excluding carboxylic acids is 2. The Hall–Kier alpha value is -3.22. The average molecular weight is 398 g/mol. The highest BCUT2D eigenvalue weighted by atomic mass is 16.6. The molecule has 1 saturated carbocycles. The number of hydrogen-bond donors (Lipinski definition) is 2. The van der Waals surface area contributed by atoms with Crippen molar-refractivity contribution in [2.24, 2.45) is 0 Å². The third kappa shape index (κ3) is 5.40. The maximum Gasteiger partial charge on any atom is 0.411 e. The van der Waals surface area contributed by atoms with E-state index in [4.69, 9.17) is 14.2 Å². The molecule has 154 valence electrons. The van der Waals surface area contributed by atoms with Gasteiger partial charge in [-0.05, 0) is 43.5 Å². The third-order valence-corrected chi connectivity index (χ3v) is 4.90. The van der Waals surface area contributed by atoms with E-state index in [0.29, 0.717) is 29.2 Å². The lowest BCUT2D eigenvalue weighted by Gasteiger charge is -2.29. The van der Waals surface area contributed by atoms with E-state index in [1.54, 1.807) is 30.3 Å². The minimum atomic E-state index is -0.484. The van der Waals surface area contributed by atoms with E-state index in [-0.39, 0.29) is 18.1 Å².